The molecule has 3 N–H and O–H groups in total. The summed E-state index contributed by atoms with van der Waals surface area (Å²) in [5.74, 6) is 1.09. The summed E-state index contributed by atoms with van der Waals surface area (Å²) in [4.78, 5) is 17.6. The van der Waals surface area contributed by atoms with E-state index in [4.69, 9.17) is 4.74 Å². The first kappa shape index (κ1) is 20.2. The number of benzene rings is 1. The number of hydrogen-bond acceptors (Lipinski definition) is 8. The first-order chi connectivity index (χ1) is 15.6. The molecular formula is C23H21FN6O2. The van der Waals surface area contributed by atoms with Gasteiger partial charge in [0.2, 0.25) is 5.88 Å². The molecule has 0 radical (unpaired) electrons. The number of fused-ring (bicyclic) bond motifs is 1. The van der Waals surface area contributed by atoms with E-state index in [1.165, 1.54) is 24.3 Å². The Balaban J connectivity index is 1.35. The van der Waals surface area contributed by atoms with Crippen LogP contribution in [0.5, 0.6) is 5.88 Å². The van der Waals surface area contributed by atoms with Crippen LogP contribution in [-0.2, 0) is 0 Å². The molecule has 0 saturated carbocycles. The average molecular weight is 432 g/mol. The van der Waals surface area contributed by atoms with Crippen molar-refractivity contribution in [2.45, 2.75) is 6.23 Å². The van der Waals surface area contributed by atoms with Crippen LogP contribution in [0, 0.1) is 11.7 Å². The molecule has 5 rings (SSSR count). The SMILES string of the molecule is OC(Nc1cc2cc(-c3cncc(OCC4CNC4)n3)cnc2cn1)c1ccc(F)cc1. The van der Waals surface area contributed by atoms with Crippen molar-refractivity contribution in [1.82, 2.24) is 25.3 Å². The number of nitrogens with one attached hydrogen (secondary N) is 2. The van der Waals surface area contributed by atoms with E-state index >= 15 is 0 Å². The lowest BCUT2D eigenvalue weighted by Crippen LogP contribution is -2.45. The van der Waals surface area contributed by atoms with Crippen molar-refractivity contribution in [2.24, 2.45) is 5.92 Å². The number of pyridine rings is 2. The Labute approximate surface area is 183 Å². The van der Waals surface area contributed by atoms with Crippen LogP contribution in [0.15, 0.2) is 61.2 Å². The lowest BCUT2D eigenvalue weighted by Gasteiger charge is -2.26. The van der Waals surface area contributed by atoms with Gasteiger partial charge in [-0.1, -0.05) is 12.1 Å². The molecule has 3 aromatic heterocycles. The van der Waals surface area contributed by atoms with Gasteiger partial charge in [-0.05, 0) is 24.3 Å². The molecule has 0 aliphatic carbocycles. The fourth-order valence-corrected chi connectivity index (χ4v) is 3.34. The molecule has 1 aliphatic heterocycles. The van der Waals surface area contributed by atoms with Crippen LogP contribution in [0.3, 0.4) is 0 Å². The van der Waals surface area contributed by atoms with Gasteiger partial charge in [0, 0.05) is 41.7 Å². The Morgan fingerprint density at radius 2 is 1.94 bits per heavy atom. The zero-order valence-electron chi connectivity index (χ0n) is 17.1. The highest BCUT2D eigenvalue weighted by molar-refractivity contribution is 5.84. The van der Waals surface area contributed by atoms with Crippen LogP contribution in [0.4, 0.5) is 10.2 Å². The number of ether oxygens (including phenoxy) is 1. The van der Waals surface area contributed by atoms with Gasteiger partial charge in [-0.25, -0.2) is 14.4 Å². The van der Waals surface area contributed by atoms with Gasteiger partial charge in [0.15, 0.2) is 6.23 Å². The van der Waals surface area contributed by atoms with Crippen LogP contribution in [0.25, 0.3) is 22.2 Å². The van der Waals surface area contributed by atoms with Gasteiger partial charge in [0.25, 0.3) is 0 Å². The number of aliphatic hydroxyl groups is 1. The summed E-state index contributed by atoms with van der Waals surface area (Å²) in [6.45, 7) is 2.53. The Kier molecular flexibility index (Phi) is 5.57. The number of nitrogens with zero attached hydrogens (tertiary/aromatic N) is 4. The van der Waals surface area contributed by atoms with Crippen LogP contribution >= 0.6 is 0 Å². The van der Waals surface area contributed by atoms with Crippen molar-refractivity contribution in [1.29, 1.82) is 0 Å². The number of anilines is 1. The van der Waals surface area contributed by atoms with Crippen molar-refractivity contribution < 1.29 is 14.2 Å². The van der Waals surface area contributed by atoms with Gasteiger partial charge in [-0.2, -0.15) is 0 Å². The second kappa shape index (κ2) is 8.81. The maximum Gasteiger partial charge on any atom is 0.232 e. The van der Waals surface area contributed by atoms with E-state index in [1.807, 2.05) is 6.07 Å². The highest BCUT2D eigenvalue weighted by atomic mass is 19.1. The van der Waals surface area contributed by atoms with E-state index < -0.39 is 6.23 Å². The Morgan fingerprint density at radius 3 is 2.72 bits per heavy atom. The molecule has 1 saturated heterocycles. The minimum atomic E-state index is -1.03. The van der Waals surface area contributed by atoms with Crippen molar-refractivity contribution in [3.63, 3.8) is 0 Å². The Morgan fingerprint density at radius 1 is 1.09 bits per heavy atom. The van der Waals surface area contributed by atoms with E-state index in [9.17, 15) is 9.50 Å². The van der Waals surface area contributed by atoms with Crippen molar-refractivity contribution in [3.05, 3.63) is 72.6 Å². The summed E-state index contributed by atoms with van der Waals surface area (Å²) in [5.41, 5.74) is 2.68. The predicted octanol–water partition coefficient (Wildman–Crippen LogP) is 2.93. The molecule has 0 spiro atoms. The molecule has 9 heteroatoms. The van der Waals surface area contributed by atoms with Gasteiger partial charge in [0.1, 0.15) is 11.6 Å². The molecule has 32 heavy (non-hydrogen) atoms. The third kappa shape index (κ3) is 4.48. The lowest BCUT2D eigenvalue weighted by molar-refractivity contribution is 0.193. The minimum Gasteiger partial charge on any atom is -0.476 e. The van der Waals surface area contributed by atoms with E-state index in [2.05, 4.69) is 30.6 Å². The molecule has 1 aromatic carbocycles. The van der Waals surface area contributed by atoms with Crippen molar-refractivity contribution >= 4 is 16.7 Å². The van der Waals surface area contributed by atoms with Crippen molar-refractivity contribution in [2.75, 3.05) is 25.0 Å². The summed E-state index contributed by atoms with van der Waals surface area (Å²) < 4.78 is 18.9. The molecular weight excluding hydrogens is 411 g/mol. The summed E-state index contributed by atoms with van der Waals surface area (Å²) in [7, 11) is 0. The van der Waals surface area contributed by atoms with Crippen LogP contribution in [0.2, 0.25) is 0 Å². The monoisotopic (exact) mass is 432 g/mol. The van der Waals surface area contributed by atoms with Gasteiger partial charge < -0.3 is 20.5 Å². The summed E-state index contributed by atoms with van der Waals surface area (Å²) in [6, 6.07) is 9.35. The van der Waals surface area contributed by atoms with Crippen LogP contribution in [-0.4, -0.2) is 44.7 Å². The lowest BCUT2D eigenvalue weighted by atomic mass is 10.1. The average Bonchev–Trinajstić information content (AvgIpc) is 2.78. The second-order valence-corrected chi connectivity index (χ2v) is 7.66. The molecule has 1 atom stereocenters. The maximum absolute atomic E-state index is 13.1. The molecule has 4 aromatic rings. The Hall–Kier alpha value is -3.69. The standard InChI is InChI=1S/C23H21FN6O2/c24-18-3-1-15(2-4-18)23(31)30-21-6-16-5-17(9-27-19(16)11-28-21)20-10-26-12-22(29-20)32-13-14-7-25-8-14/h1-6,9-12,14,23,25,31H,7-8,13H2,(H,28,30). The van der Waals surface area contributed by atoms with Gasteiger partial charge in [-0.3, -0.25) is 9.97 Å². The van der Waals surface area contributed by atoms with E-state index in [1.54, 1.807) is 30.9 Å². The molecule has 1 fully saturated rings. The molecule has 4 heterocycles. The topological polar surface area (TPSA) is 105 Å². The number of hydrogen-bond donors (Lipinski definition) is 3. The largest absolute Gasteiger partial charge is 0.476 e. The summed E-state index contributed by atoms with van der Waals surface area (Å²) in [6.07, 6.45) is 5.58. The van der Waals surface area contributed by atoms with E-state index in [0.29, 0.717) is 41.0 Å². The highest BCUT2D eigenvalue weighted by Gasteiger charge is 2.17. The molecule has 0 amide bonds. The molecule has 1 unspecified atom stereocenters. The summed E-state index contributed by atoms with van der Waals surface area (Å²) >= 11 is 0. The van der Waals surface area contributed by atoms with E-state index in [0.717, 1.165) is 24.0 Å². The number of halogens is 1. The molecule has 162 valence electrons. The van der Waals surface area contributed by atoms with Crippen LogP contribution < -0.4 is 15.4 Å². The molecule has 1 aliphatic rings. The first-order valence-corrected chi connectivity index (χ1v) is 10.3. The third-order valence-corrected chi connectivity index (χ3v) is 5.28. The predicted molar refractivity (Wildman–Crippen MR) is 117 cm³/mol. The fraction of sp³-hybridized carbons (Fsp3) is 0.217. The number of aromatic nitrogens is 4. The zero-order valence-corrected chi connectivity index (χ0v) is 17.1. The summed E-state index contributed by atoms with van der Waals surface area (Å²) in [5, 5.41) is 17.3. The fourth-order valence-electron chi connectivity index (χ4n) is 3.34. The Bertz CT molecular complexity index is 1230. The second-order valence-electron chi connectivity index (χ2n) is 7.66. The molecule has 0 bridgehead atoms. The smallest absolute Gasteiger partial charge is 0.232 e. The number of rotatable bonds is 7. The van der Waals surface area contributed by atoms with Crippen molar-refractivity contribution in [3.8, 4) is 17.1 Å². The quantitative estimate of drug-likeness (QED) is 0.383. The van der Waals surface area contributed by atoms with E-state index in [-0.39, 0.29) is 5.82 Å². The first-order valence-electron chi connectivity index (χ1n) is 10.3. The molecule has 8 nitrogen and oxygen atoms in total. The van der Waals surface area contributed by atoms with Gasteiger partial charge in [0.05, 0.1) is 36.4 Å². The zero-order chi connectivity index (χ0) is 21.9. The minimum absolute atomic E-state index is 0.360. The number of aliphatic hydroxyl groups excluding tert-OH is 1. The van der Waals surface area contributed by atoms with Gasteiger partial charge >= 0.3 is 0 Å². The maximum atomic E-state index is 13.1. The van der Waals surface area contributed by atoms with Crippen LogP contribution in [0.1, 0.15) is 11.8 Å². The highest BCUT2D eigenvalue weighted by Crippen LogP contribution is 2.25. The normalized spacial score (nSPS) is 14.7. The van der Waals surface area contributed by atoms with Gasteiger partial charge in [-0.15, -0.1) is 0 Å². The third-order valence-electron chi connectivity index (χ3n) is 5.28.